The van der Waals surface area contributed by atoms with Crippen LogP contribution >= 0.6 is 11.6 Å². The molecule has 0 aromatic heterocycles. The van der Waals surface area contributed by atoms with Crippen LogP contribution in [-0.2, 0) is 6.18 Å². The second-order valence-electron chi connectivity index (χ2n) is 5.02. The normalized spacial score (nSPS) is 19.6. The molecule has 112 valence electrons. The zero-order chi connectivity index (χ0) is 14.8. The maximum atomic E-state index is 13.1. The lowest BCUT2D eigenvalue weighted by Crippen LogP contribution is -2.33. The van der Waals surface area contributed by atoms with Crippen molar-refractivity contribution >= 4 is 17.3 Å². The van der Waals surface area contributed by atoms with Gasteiger partial charge in [0.2, 0.25) is 0 Å². The first-order valence-electron chi connectivity index (χ1n) is 6.77. The van der Waals surface area contributed by atoms with Gasteiger partial charge in [0, 0.05) is 19.1 Å². The van der Waals surface area contributed by atoms with Crippen molar-refractivity contribution in [2.75, 3.05) is 24.5 Å². The average Bonchev–Trinajstić information content (AvgIpc) is 2.83. The van der Waals surface area contributed by atoms with E-state index in [0.717, 1.165) is 25.5 Å². The van der Waals surface area contributed by atoms with Crippen LogP contribution < -0.4 is 10.2 Å². The van der Waals surface area contributed by atoms with Crippen molar-refractivity contribution in [3.63, 3.8) is 0 Å². The lowest BCUT2D eigenvalue weighted by Gasteiger charge is -2.24. The maximum Gasteiger partial charge on any atom is 0.418 e. The summed E-state index contributed by atoms with van der Waals surface area (Å²) in [6.45, 7) is 4.10. The van der Waals surface area contributed by atoms with Gasteiger partial charge in [-0.1, -0.05) is 24.6 Å². The topological polar surface area (TPSA) is 15.3 Å². The van der Waals surface area contributed by atoms with Gasteiger partial charge in [-0.15, -0.1) is 0 Å². The second kappa shape index (κ2) is 6.22. The van der Waals surface area contributed by atoms with E-state index in [9.17, 15) is 13.2 Å². The van der Waals surface area contributed by atoms with E-state index in [1.807, 2.05) is 0 Å². The van der Waals surface area contributed by atoms with Crippen molar-refractivity contribution in [3.8, 4) is 0 Å². The Hall–Kier alpha value is -0.940. The van der Waals surface area contributed by atoms with Crippen molar-refractivity contribution in [3.05, 3.63) is 28.8 Å². The minimum absolute atomic E-state index is 0.113. The molecule has 0 aliphatic carbocycles. The molecule has 1 fully saturated rings. The zero-order valence-electron chi connectivity index (χ0n) is 11.3. The highest BCUT2D eigenvalue weighted by atomic mass is 35.5. The van der Waals surface area contributed by atoms with Gasteiger partial charge >= 0.3 is 6.18 Å². The molecule has 1 aliphatic heterocycles. The quantitative estimate of drug-likeness (QED) is 0.906. The molecule has 1 heterocycles. The first-order chi connectivity index (χ1) is 9.43. The highest BCUT2D eigenvalue weighted by molar-refractivity contribution is 6.33. The van der Waals surface area contributed by atoms with Gasteiger partial charge in [0.1, 0.15) is 0 Å². The summed E-state index contributed by atoms with van der Waals surface area (Å²) in [5, 5.41) is 3.51. The molecular formula is C14H18ClF3N2. The molecule has 2 rings (SSSR count). The lowest BCUT2D eigenvalue weighted by atomic mass is 10.1. The number of halogens is 4. The smallest absolute Gasteiger partial charge is 0.368 e. The number of hydrogen-bond donors (Lipinski definition) is 1. The molecule has 0 bridgehead atoms. The van der Waals surface area contributed by atoms with E-state index in [1.54, 1.807) is 4.90 Å². The van der Waals surface area contributed by atoms with Gasteiger partial charge in [-0.3, -0.25) is 0 Å². The largest absolute Gasteiger partial charge is 0.418 e. The van der Waals surface area contributed by atoms with E-state index in [4.69, 9.17) is 11.6 Å². The first-order valence-corrected chi connectivity index (χ1v) is 7.15. The number of alkyl halides is 3. The number of nitrogens with zero attached hydrogens (tertiary/aromatic N) is 1. The molecule has 1 saturated heterocycles. The Bertz CT molecular complexity index is 462. The van der Waals surface area contributed by atoms with E-state index in [-0.39, 0.29) is 16.8 Å². The van der Waals surface area contributed by atoms with Crippen LogP contribution in [0.5, 0.6) is 0 Å². The van der Waals surface area contributed by atoms with Crippen molar-refractivity contribution < 1.29 is 13.2 Å². The van der Waals surface area contributed by atoms with Crippen LogP contribution in [0.1, 0.15) is 25.3 Å². The van der Waals surface area contributed by atoms with Crippen LogP contribution in [0.25, 0.3) is 0 Å². The highest BCUT2D eigenvalue weighted by Crippen LogP contribution is 2.41. The fraction of sp³-hybridized carbons (Fsp3) is 0.571. The van der Waals surface area contributed by atoms with Crippen LogP contribution in [0.4, 0.5) is 18.9 Å². The minimum atomic E-state index is -4.38. The molecule has 20 heavy (non-hydrogen) atoms. The van der Waals surface area contributed by atoms with Crippen LogP contribution in [0.2, 0.25) is 5.02 Å². The molecule has 1 N–H and O–H groups in total. The molecule has 0 radical (unpaired) electrons. The maximum absolute atomic E-state index is 13.1. The molecule has 0 amide bonds. The van der Waals surface area contributed by atoms with Gasteiger partial charge in [-0.25, -0.2) is 0 Å². The molecule has 2 nitrogen and oxygen atoms in total. The van der Waals surface area contributed by atoms with Gasteiger partial charge < -0.3 is 10.2 Å². The van der Waals surface area contributed by atoms with Crippen molar-refractivity contribution in [2.24, 2.45) is 0 Å². The summed E-state index contributed by atoms with van der Waals surface area (Å²) in [6.07, 6.45) is -2.53. The SMILES string of the molecule is CCCNC1CCN(c2c(Cl)cccc2C(F)(F)F)C1. The van der Waals surface area contributed by atoms with Crippen LogP contribution in [-0.4, -0.2) is 25.7 Å². The van der Waals surface area contributed by atoms with E-state index in [0.29, 0.717) is 13.1 Å². The van der Waals surface area contributed by atoms with Gasteiger partial charge in [-0.05, 0) is 31.5 Å². The summed E-state index contributed by atoms with van der Waals surface area (Å²) >= 11 is 6.01. The van der Waals surface area contributed by atoms with Gasteiger partial charge in [-0.2, -0.15) is 13.2 Å². The number of benzene rings is 1. The van der Waals surface area contributed by atoms with Gasteiger partial charge in [0.15, 0.2) is 0 Å². The third kappa shape index (κ3) is 3.38. The van der Waals surface area contributed by atoms with Crippen molar-refractivity contribution in [2.45, 2.75) is 32.0 Å². The Morgan fingerprint density at radius 2 is 2.15 bits per heavy atom. The molecule has 0 spiro atoms. The predicted octanol–water partition coefficient (Wildman–Crippen LogP) is 3.94. The summed E-state index contributed by atoms with van der Waals surface area (Å²) in [5.74, 6) is 0. The van der Waals surface area contributed by atoms with Crippen LogP contribution in [0, 0.1) is 0 Å². The molecule has 1 atom stereocenters. The Morgan fingerprint density at radius 3 is 2.80 bits per heavy atom. The molecule has 6 heteroatoms. The Morgan fingerprint density at radius 1 is 1.40 bits per heavy atom. The third-order valence-electron chi connectivity index (χ3n) is 3.48. The molecule has 1 aromatic rings. The first kappa shape index (κ1) is 15.4. The molecule has 1 unspecified atom stereocenters. The number of para-hydroxylation sites is 1. The molecular weight excluding hydrogens is 289 g/mol. The predicted molar refractivity (Wildman–Crippen MR) is 75.4 cm³/mol. The minimum Gasteiger partial charge on any atom is -0.368 e. The Labute approximate surface area is 121 Å². The summed E-state index contributed by atoms with van der Waals surface area (Å²) in [7, 11) is 0. The van der Waals surface area contributed by atoms with E-state index < -0.39 is 11.7 Å². The summed E-state index contributed by atoms with van der Waals surface area (Å²) < 4.78 is 39.2. The summed E-state index contributed by atoms with van der Waals surface area (Å²) in [6, 6.07) is 4.18. The Kier molecular flexibility index (Phi) is 4.81. The lowest BCUT2D eigenvalue weighted by molar-refractivity contribution is -0.137. The van der Waals surface area contributed by atoms with E-state index in [1.165, 1.54) is 12.1 Å². The van der Waals surface area contributed by atoms with Gasteiger partial charge in [0.05, 0.1) is 16.3 Å². The highest BCUT2D eigenvalue weighted by Gasteiger charge is 2.37. The Balaban J connectivity index is 2.21. The van der Waals surface area contributed by atoms with Crippen LogP contribution in [0.3, 0.4) is 0 Å². The van der Waals surface area contributed by atoms with E-state index >= 15 is 0 Å². The second-order valence-corrected chi connectivity index (χ2v) is 5.43. The summed E-state index contributed by atoms with van der Waals surface area (Å²) in [5.41, 5.74) is -0.538. The number of anilines is 1. The monoisotopic (exact) mass is 306 g/mol. The molecule has 1 aromatic carbocycles. The number of nitrogens with one attached hydrogen (secondary N) is 1. The van der Waals surface area contributed by atoms with Gasteiger partial charge in [0.25, 0.3) is 0 Å². The molecule has 0 saturated carbocycles. The zero-order valence-corrected chi connectivity index (χ0v) is 12.1. The molecule has 1 aliphatic rings. The van der Waals surface area contributed by atoms with E-state index in [2.05, 4.69) is 12.2 Å². The standard InChI is InChI=1S/C14H18ClF3N2/c1-2-7-19-10-6-8-20(9-10)13-11(14(16,17)18)4-3-5-12(13)15/h3-5,10,19H,2,6-9H2,1H3. The summed E-state index contributed by atoms with van der Waals surface area (Å²) in [4.78, 5) is 1.73. The van der Waals surface area contributed by atoms with Crippen molar-refractivity contribution in [1.29, 1.82) is 0 Å². The third-order valence-corrected chi connectivity index (χ3v) is 3.78. The fourth-order valence-corrected chi connectivity index (χ4v) is 2.84. The van der Waals surface area contributed by atoms with Crippen molar-refractivity contribution in [1.82, 2.24) is 5.32 Å². The number of rotatable bonds is 4. The average molecular weight is 307 g/mol. The van der Waals surface area contributed by atoms with Crippen LogP contribution in [0.15, 0.2) is 18.2 Å². The number of hydrogen-bond acceptors (Lipinski definition) is 2. The fourth-order valence-electron chi connectivity index (χ4n) is 2.54.